The van der Waals surface area contributed by atoms with Gasteiger partial charge in [0.1, 0.15) is 17.5 Å². The van der Waals surface area contributed by atoms with Crippen molar-refractivity contribution >= 4 is 23.3 Å². The Morgan fingerprint density at radius 2 is 1.89 bits per heavy atom. The minimum atomic E-state index is -5.08. The Hall–Kier alpha value is -3.11. The zero-order chi connectivity index (χ0) is 26.5. The first-order chi connectivity index (χ1) is 17.0. The Kier molecular flexibility index (Phi) is 8.63. The van der Waals surface area contributed by atoms with Gasteiger partial charge in [0.15, 0.2) is 0 Å². The van der Waals surface area contributed by atoms with Gasteiger partial charge in [0, 0.05) is 55.2 Å². The zero-order valence-electron chi connectivity index (χ0n) is 20.7. The normalized spacial score (nSPS) is 23.5. The molecule has 2 saturated heterocycles. The number of benzene rings is 2. The molecule has 2 heterocycles. The quantitative estimate of drug-likeness (QED) is 0.508. The van der Waals surface area contributed by atoms with Crippen LogP contribution in [0.3, 0.4) is 0 Å². The maximum Gasteiger partial charge on any atom is 0.490 e. The zero-order valence-corrected chi connectivity index (χ0v) is 20.7. The third-order valence-electron chi connectivity index (χ3n) is 7.10. The summed E-state index contributed by atoms with van der Waals surface area (Å²) in [5.41, 5.74) is 4.12. The second-order valence-electron chi connectivity index (χ2n) is 9.28. The molecule has 2 aliphatic heterocycles. The Morgan fingerprint density at radius 1 is 1.17 bits per heavy atom. The van der Waals surface area contributed by atoms with Crippen LogP contribution < -0.4 is 19.9 Å². The number of rotatable bonds is 5. The molecule has 0 aromatic heterocycles. The molecule has 196 valence electrons. The topological polar surface area (TPSA) is 87.7 Å². The fourth-order valence-electron chi connectivity index (χ4n) is 5.40. The summed E-state index contributed by atoms with van der Waals surface area (Å²) in [6.07, 6.45) is -1.28. The number of hydrogen-bond donors (Lipinski definition) is 3. The Labute approximate surface area is 208 Å². The monoisotopic (exact) mass is 508 g/mol. The number of carboxylic acid groups (broad SMARTS) is 1. The van der Waals surface area contributed by atoms with Crippen molar-refractivity contribution in [3.8, 4) is 5.75 Å². The molecule has 2 fully saturated rings. The first-order valence-corrected chi connectivity index (χ1v) is 11.9. The van der Waals surface area contributed by atoms with Crippen molar-refractivity contribution in [2.24, 2.45) is 0 Å². The number of carboxylic acids is 1. The van der Waals surface area contributed by atoms with Crippen LogP contribution in [0, 0.1) is 6.92 Å². The first-order valence-electron chi connectivity index (χ1n) is 11.9. The highest BCUT2D eigenvalue weighted by Gasteiger charge is 2.48. The van der Waals surface area contributed by atoms with Gasteiger partial charge in [-0.25, -0.2) is 4.79 Å². The van der Waals surface area contributed by atoms with Gasteiger partial charge in [-0.1, -0.05) is 6.07 Å². The molecule has 0 aliphatic carbocycles. The Bertz CT molecular complexity index is 1090. The van der Waals surface area contributed by atoms with Gasteiger partial charge in [-0.15, -0.1) is 0 Å². The molecule has 3 atom stereocenters. The Morgan fingerprint density at radius 3 is 2.42 bits per heavy atom. The number of aliphatic carboxylic acids is 1. The van der Waals surface area contributed by atoms with Crippen molar-refractivity contribution in [2.75, 3.05) is 32.1 Å². The summed E-state index contributed by atoms with van der Waals surface area (Å²) in [4.78, 5) is 21.6. The second kappa shape index (κ2) is 11.3. The molecule has 0 spiro atoms. The summed E-state index contributed by atoms with van der Waals surface area (Å²) in [5.74, 6) is -2.19. The minimum Gasteiger partial charge on any atom is -0.497 e. The lowest BCUT2D eigenvalue weighted by Gasteiger charge is -2.44. The number of methoxy groups -OCH3 is 1. The van der Waals surface area contributed by atoms with Crippen LogP contribution in [-0.2, 0) is 4.79 Å². The summed E-state index contributed by atoms with van der Waals surface area (Å²) in [7, 11) is 1.61. The summed E-state index contributed by atoms with van der Waals surface area (Å²) >= 11 is 0. The standard InChI is InChI=1S/C24H31N3O2.C2HF3O2/c1-17-14-20(26-24(28)19-7-4-8-22(15-19)29-3)9-10-23(17)27(13-5-6-18(27)2)21-11-12-25-16-21;3-2(4,5)1(6)7/h4,7-10,14-15,18,21,25H,5-6,11-13,16H2,1-3H3;(H,6,7)/p+1. The van der Waals surface area contributed by atoms with E-state index < -0.39 is 12.1 Å². The van der Waals surface area contributed by atoms with E-state index in [1.165, 1.54) is 37.1 Å². The molecule has 3 unspecified atom stereocenters. The lowest BCUT2D eigenvalue weighted by Crippen LogP contribution is -2.60. The largest absolute Gasteiger partial charge is 0.497 e. The lowest BCUT2D eigenvalue weighted by molar-refractivity contribution is -0.192. The molecule has 7 nitrogen and oxygen atoms in total. The van der Waals surface area contributed by atoms with Crippen LogP contribution in [0.5, 0.6) is 5.75 Å². The number of likely N-dealkylation sites (tertiary alicyclic amines) is 1. The number of amides is 1. The van der Waals surface area contributed by atoms with Crippen LogP contribution in [0.4, 0.5) is 24.5 Å². The average Bonchev–Trinajstić information content (AvgIpc) is 3.50. The van der Waals surface area contributed by atoms with Gasteiger partial charge in [0.25, 0.3) is 5.91 Å². The second-order valence-corrected chi connectivity index (χ2v) is 9.28. The minimum absolute atomic E-state index is 0.116. The van der Waals surface area contributed by atoms with Crippen molar-refractivity contribution in [3.05, 3.63) is 53.6 Å². The van der Waals surface area contributed by atoms with Crippen LogP contribution in [0.25, 0.3) is 0 Å². The number of nitrogens with one attached hydrogen (secondary N) is 2. The number of hydrogen-bond acceptors (Lipinski definition) is 4. The fraction of sp³-hybridized carbons (Fsp3) is 0.462. The molecular weight excluding hydrogens is 475 g/mol. The van der Waals surface area contributed by atoms with E-state index in [1.807, 2.05) is 12.1 Å². The van der Waals surface area contributed by atoms with Gasteiger partial charge in [-0.05, 0) is 44.2 Å². The van der Waals surface area contributed by atoms with Crippen molar-refractivity contribution < 1.29 is 32.6 Å². The number of halogens is 3. The maximum absolute atomic E-state index is 12.7. The number of aryl methyl sites for hydroxylation is 1. The van der Waals surface area contributed by atoms with Gasteiger partial charge in [0.05, 0.1) is 19.7 Å². The van der Waals surface area contributed by atoms with Gasteiger partial charge >= 0.3 is 12.1 Å². The van der Waals surface area contributed by atoms with Gasteiger partial charge in [-0.3, -0.25) is 9.28 Å². The molecule has 4 rings (SSSR count). The van der Waals surface area contributed by atoms with Crippen molar-refractivity contribution in [3.63, 3.8) is 0 Å². The highest BCUT2D eigenvalue weighted by atomic mass is 19.4. The van der Waals surface area contributed by atoms with Crippen LogP contribution in [0.1, 0.15) is 42.1 Å². The molecule has 10 heteroatoms. The third kappa shape index (κ3) is 5.99. The summed E-state index contributed by atoms with van der Waals surface area (Å²) in [6.45, 7) is 8.01. The van der Waals surface area contributed by atoms with Gasteiger partial charge in [-0.2, -0.15) is 13.2 Å². The lowest BCUT2D eigenvalue weighted by atomic mass is 10.0. The number of quaternary nitrogens is 1. The van der Waals surface area contributed by atoms with Crippen molar-refractivity contribution in [1.29, 1.82) is 0 Å². The molecule has 1 amide bonds. The number of nitrogens with zero attached hydrogens (tertiary/aromatic N) is 1. The van der Waals surface area contributed by atoms with E-state index in [1.54, 1.807) is 19.2 Å². The molecule has 36 heavy (non-hydrogen) atoms. The van der Waals surface area contributed by atoms with Crippen LogP contribution in [-0.4, -0.2) is 62.0 Å². The van der Waals surface area contributed by atoms with E-state index in [-0.39, 0.29) is 5.91 Å². The Balaban J connectivity index is 0.000000454. The molecule has 0 radical (unpaired) electrons. The third-order valence-corrected chi connectivity index (χ3v) is 7.10. The number of anilines is 1. The van der Waals surface area contributed by atoms with Gasteiger partial charge in [0.2, 0.25) is 0 Å². The SMILES string of the molecule is COc1cccc(C(=O)Nc2ccc([N+]3(C4CCNC4)CCCC3C)c(C)c2)c1.O=C(O)C(F)(F)F. The van der Waals surface area contributed by atoms with Crippen LogP contribution in [0.2, 0.25) is 0 Å². The van der Waals surface area contributed by atoms with E-state index in [0.29, 0.717) is 23.4 Å². The predicted molar refractivity (Wildman–Crippen MR) is 132 cm³/mol. The number of carbonyl (C=O) groups excluding carboxylic acids is 1. The molecule has 3 N–H and O–H groups in total. The summed E-state index contributed by atoms with van der Waals surface area (Å²) < 4.78 is 38.1. The molecule has 2 aromatic rings. The van der Waals surface area contributed by atoms with Gasteiger partial charge < -0.3 is 20.5 Å². The highest BCUT2D eigenvalue weighted by Crippen LogP contribution is 2.41. The van der Waals surface area contributed by atoms with E-state index in [0.717, 1.165) is 23.3 Å². The summed E-state index contributed by atoms with van der Waals surface area (Å²) in [5, 5.41) is 13.7. The molecule has 2 aliphatic rings. The smallest absolute Gasteiger partial charge is 0.490 e. The van der Waals surface area contributed by atoms with Crippen molar-refractivity contribution in [1.82, 2.24) is 9.80 Å². The van der Waals surface area contributed by atoms with Crippen LogP contribution in [0.15, 0.2) is 42.5 Å². The molecule has 0 bridgehead atoms. The highest BCUT2D eigenvalue weighted by molar-refractivity contribution is 6.04. The molecular formula is C26H33F3N3O4+. The number of carbonyl (C=O) groups is 2. The molecule has 0 saturated carbocycles. The van der Waals surface area contributed by atoms with E-state index in [4.69, 9.17) is 14.6 Å². The van der Waals surface area contributed by atoms with E-state index in [2.05, 4.69) is 42.7 Å². The number of ether oxygens (including phenoxy) is 1. The predicted octanol–water partition coefficient (Wildman–Crippen LogP) is 4.74. The van der Waals surface area contributed by atoms with Crippen molar-refractivity contribution in [2.45, 2.75) is 51.4 Å². The van der Waals surface area contributed by atoms with E-state index >= 15 is 0 Å². The maximum atomic E-state index is 12.7. The number of alkyl halides is 3. The molecule has 2 aromatic carbocycles. The van der Waals surface area contributed by atoms with E-state index in [9.17, 15) is 18.0 Å². The van der Waals surface area contributed by atoms with Crippen LogP contribution >= 0.6 is 0 Å². The summed E-state index contributed by atoms with van der Waals surface area (Å²) in [6, 6.07) is 15.0. The fourth-order valence-corrected chi connectivity index (χ4v) is 5.40. The first kappa shape index (κ1) is 27.5. The average molecular weight is 509 g/mol.